The molecule has 8 nitrogen and oxygen atoms in total. The quantitative estimate of drug-likeness (QED) is 0.601. The standard InChI is InChI=1S/C30H33N3O5/c1-29(2)13-19-26(22(35)15-29)25(18-6-7-21(34)24(12-18)38-5)27-20(14-30(3,4)16-23(27)36)33(19)32-28(37)17-8-10-31-11-9-17/h6-12,25,34H,13-16H2,1-5H3,(H,32,37). The number of pyridine rings is 1. The topological polar surface area (TPSA) is 109 Å². The Bertz CT molecular complexity index is 1350. The second-order valence-electron chi connectivity index (χ2n) is 12.0. The van der Waals surface area contributed by atoms with E-state index in [1.54, 1.807) is 41.7 Å². The van der Waals surface area contributed by atoms with Crippen molar-refractivity contribution in [2.75, 3.05) is 7.11 Å². The van der Waals surface area contributed by atoms with Gasteiger partial charge < -0.3 is 9.84 Å². The number of nitrogens with zero attached hydrogens (tertiary/aromatic N) is 2. The summed E-state index contributed by atoms with van der Waals surface area (Å²) in [4.78, 5) is 45.1. The molecule has 0 radical (unpaired) electrons. The van der Waals surface area contributed by atoms with Crippen LogP contribution in [0.5, 0.6) is 11.5 Å². The van der Waals surface area contributed by atoms with Crippen molar-refractivity contribution in [3.63, 3.8) is 0 Å². The molecule has 2 aromatic rings. The first-order valence-electron chi connectivity index (χ1n) is 12.8. The minimum atomic E-state index is -0.615. The van der Waals surface area contributed by atoms with Gasteiger partial charge in [-0.25, -0.2) is 0 Å². The molecule has 3 aliphatic rings. The summed E-state index contributed by atoms with van der Waals surface area (Å²) in [7, 11) is 1.47. The smallest absolute Gasteiger partial charge is 0.270 e. The number of ether oxygens (including phenoxy) is 1. The van der Waals surface area contributed by atoms with Crippen LogP contribution in [0.15, 0.2) is 65.3 Å². The second kappa shape index (κ2) is 9.11. The van der Waals surface area contributed by atoms with Gasteiger partial charge in [-0.2, -0.15) is 0 Å². The van der Waals surface area contributed by atoms with Crippen molar-refractivity contribution in [3.05, 3.63) is 76.4 Å². The molecule has 198 valence electrons. The second-order valence-corrected chi connectivity index (χ2v) is 12.0. The van der Waals surface area contributed by atoms with E-state index in [2.05, 4.69) is 10.4 Å². The van der Waals surface area contributed by atoms with Gasteiger partial charge in [-0.1, -0.05) is 33.8 Å². The van der Waals surface area contributed by atoms with Gasteiger partial charge in [0.25, 0.3) is 5.91 Å². The molecular formula is C30H33N3O5. The van der Waals surface area contributed by atoms with Crippen LogP contribution in [-0.2, 0) is 9.59 Å². The summed E-state index contributed by atoms with van der Waals surface area (Å²) in [5.74, 6) is -0.819. The number of allylic oxidation sites excluding steroid dienone is 4. The van der Waals surface area contributed by atoms with Crippen molar-refractivity contribution in [2.45, 2.75) is 59.3 Å². The number of nitrogens with one attached hydrogen (secondary N) is 1. The van der Waals surface area contributed by atoms with E-state index < -0.39 is 5.92 Å². The highest BCUT2D eigenvalue weighted by molar-refractivity contribution is 6.07. The Kier molecular flexibility index (Phi) is 6.16. The van der Waals surface area contributed by atoms with Crippen LogP contribution in [0, 0.1) is 10.8 Å². The Labute approximate surface area is 222 Å². The predicted octanol–water partition coefficient (Wildman–Crippen LogP) is 4.83. The minimum absolute atomic E-state index is 0.0195. The van der Waals surface area contributed by atoms with E-state index in [-0.39, 0.29) is 39.8 Å². The third-order valence-corrected chi connectivity index (χ3v) is 7.60. The highest BCUT2D eigenvalue weighted by Crippen LogP contribution is 2.54. The normalized spacial score (nSPS) is 20.7. The Morgan fingerprint density at radius 2 is 1.50 bits per heavy atom. The summed E-state index contributed by atoms with van der Waals surface area (Å²) in [5.41, 5.74) is 5.92. The molecule has 38 heavy (non-hydrogen) atoms. The average molecular weight is 516 g/mol. The van der Waals surface area contributed by atoms with Crippen molar-refractivity contribution < 1.29 is 24.2 Å². The maximum atomic E-state index is 13.8. The minimum Gasteiger partial charge on any atom is -0.504 e. The lowest BCUT2D eigenvalue weighted by atomic mass is 9.64. The van der Waals surface area contributed by atoms with Crippen LogP contribution in [-0.4, -0.2) is 39.7 Å². The fraction of sp³-hybridized carbons (Fsp3) is 0.400. The molecule has 1 amide bonds. The van der Waals surface area contributed by atoms with E-state index in [1.807, 2.05) is 27.7 Å². The largest absolute Gasteiger partial charge is 0.504 e. The van der Waals surface area contributed by atoms with E-state index in [0.717, 1.165) is 0 Å². The van der Waals surface area contributed by atoms with Crippen LogP contribution >= 0.6 is 0 Å². The number of phenolic OH excluding ortho intramolecular Hbond substituents is 1. The molecule has 0 fully saturated rings. The molecule has 1 aromatic heterocycles. The Morgan fingerprint density at radius 1 is 0.947 bits per heavy atom. The summed E-state index contributed by atoms with van der Waals surface area (Å²) in [6.45, 7) is 8.15. The molecule has 0 saturated carbocycles. The van der Waals surface area contributed by atoms with Crippen LogP contribution in [0.1, 0.15) is 75.2 Å². The van der Waals surface area contributed by atoms with Gasteiger partial charge in [-0.05, 0) is 53.5 Å². The first-order valence-corrected chi connectivity index (χ1v) is 12.8. The van der Waals surface area contributed by atoms with Crippen LogP contribution in [0.25, 0.3) is 0 Å². The van der Waals surface area contributed by atoms with Crippen molar-refractivity contribution in [2.24, 2.45) is 10.8 Å². The number of amides is 1. The molecule has 0 unspecified atom stereocenters. The molecule has 0 bridgehead atoms. The van der Waals surface area contributed by atoms with Crippen molar-refractivity contribution in [3.8, 4) is 11.5 Å². The number of ketones is 2. The zero-order valence-corrected chi connectivity index (χ0v) is 22.4. The van der Waals surface area contributed by atoms with E-state index >= 15 is 0 Å². The highest BCUT2D eigenvalue weighted by Gasteiger charge is 2.49. The van der Waals surface area contributed by atoms with Crippen molar-refractivity contribution in [1.82, 2.24) is 15.4 Å². The van der Waals surface area contributed by atoms with Gasteiger partial charge in [0.05, 0.1) is 7.11 Å². The first kappa shape index (κ1) is 25.7. The first-order chi connectivity index (χ1) is 17.9. The number of hydrogen-bond acceptors (Lipinski definition) is 7. The summed E-state index contributed by atoms with van der Waals surface area (Å²) < 4.78 is 5.37. The predicted molar refractivity (Wildman–Crippen MR) is 141 cm³/mol. The number of aromatic nitrogens is 1. The SMILES string of the molecule is COc1cc(C2C3=C(CC(C)(C)CC3=O)N(NC(=O)c3ccncc3)C3=C2C(=O)CC(C)(C)C3)ccc1O. The molecular weight excluding hydrogens is 482 g/mol. The van der Waals surface area contributed by atoms with E-state index in [1.165, 1.54) is 13.2 Å². The molecule has 5 rings (SSSR count). The third-order valence-electron chi connectivity index (χ3n) is 7.60. The maximum absolute atomic E-state index is 13.8. The van der Waals surface area contributed by atoms with Crippen LogP contribution in [0.2, 0.25) is 0 Å². The molecule has 2 heterocycles. The van der Waals surface area contributed by atoms with Gasteiger partial charge in [0, 0.05) is 59.3 Å². The zero-order chi connectivity index (χ0) is 27.4. The number of aromatic hydroxyl groups is 1. The van der Waals surface area contributed by atoms with Crippen molar-refractivity contribution in [1.29, 1.82) is 0 Å². The lowest BCUT2D eigenvalue weighted by Gasteiger charge is -2.48. The summed E-state index contributed by atoms with van der Waals surface area (Å²) >= 11 is 0. The van der Waals surface area contributed by atoms with Crippen LogP contribution < -0.4 is 10.2 Å². The Balaban J connectivity index is 1.74. The van der Waals surface area contributed by atoms with Gasteiger partial charge in [0.1, 0.15) is 0 Å². The molecule has 0 spiro atoms. The number of carbonyl (C=O) groups excluding carboxylic acids is 3. The Morgan fingerprint density at radius 3 is 2.03 bits per heavy atom. The number of rotatable bonds is 4. The third kappa shape index (κ3) is 4.48. The van der Waals surface area contributed by atoms with E-state index in [4.69, 9.17) is 4.74 Å². The van der Waals surface area contributed by atoms with Gasteiger partial charge in [-0.15, -0.1) is 0 Å². The number of Topliss-reactive ketones (excluding diaryl/α,β-unsaturated/α-hetero) is 2. The molecule has 0 atom stereocenters. The molecule has 2 aliphatic carbocycles. The highest BCUT2D eigenvalue weighted by atomic mass is 16.5. The Hall–Kier alpha value is -3.94. The average Bonchev–Trinajstić information content (AvgIpc) is 2.84. The van der Waals surface area contributed by atoms with Gasteiger partial charge in [-0.3, -0.25) is 29.8 Å². The number of carbonyl (C=O) groups is 3. The van der Waals surface area contributed by atoms with Gasteiger partial charge in [0.2, 0.25) is 0 Å². The number of hydrogen-bond donors (Lipinski definition) is 2. The van der Waals surface area contributed by atoms with E-state index in [0.29, 0.717) is 59.4 Å². The summed E-state index contributed by atoms with van der Waals surface area (Å²) in [6, 6.07) is 8.22. The van der Waals surface area contributed by atoms with Gasteiger partial charge in [0.15, 0.2) is 23.1 Å². The summed E-state index contributed by atoms with van der Waals surface area (Å²) in [5, 5.41) is 12.0. The number of methoxy groups -OCH3 is 1. The number of phenols is 1. The lowest BCUT2D eigenvalue weighted by molar-refractivity contribution is -0.119. The number of benzene rings is 1. The van der Waals surface area contributed by atoms with Crippen LogP contribution in [0.4, 0.5) is 0 Å². The maximum Gasteiger partial charge on any atom is 0.270 e. The van der Waals surface area contributed by atoms with Crippen molar-refractivity contribution >= 4 is 17.5 Å². The van der Waals surface area contributed by atoms with Crippen LogP contribution in [0.3, 0.4) is 0 Å². The number of hydrazine groups is 1. The zero-order valence-electron chi connectivity index (χ0n) is 22.4. The molecule has 2 N–H and O–H groups in total. The lowest BCUT2D eigenvalue weighted by Crippen LogP contribution is -2.50. The fourth-order valence-electron chi connectivity index (χ4n) is 5.98. The molecule has 0 saturated heterocycles. The molecule has 1 aromatic carbocycles. The van der Waals surface area contributed by atoms with Gasteiger partial charge >= 0.3 is 0 Å². The molecule has 8 heteroatoms. The fourth-order valence-corrected chi connectivity index (χ4v) is 5.98. The van der Waals surface area contributed by atoms with E-state index in [9.17, 15) is 19.5 Å². The molecule has 1 aliphatic heterocycles. The summed E-state index contributed by atoms with van der Waals surface area (Å²) in [6.07, 6.45) is 4.84. The monoisotopic (exact) mass is 515 g/mol.